The van der Waals surface area contributed by atoms with Gasteiger partial charge in [-0.05, 0) is 77.2 Å². The molecule has 0 bridgehead atoms. The Labute approximate surface area is 322 Å². The van der Waals surface area contributed by atoms with E-state index >= 15 is 0 Å². The zero-order valence-electron chi connectivity index (χ0n) is 30.6. The highest BCUT2D eigenvalue weighted by atomic mass is 32.1. The molecule has 4 heterocycles. The Bertz CT molecular complexity index is 3280. The van der Waals surface area contributed by atoms with E-state index in [-0.39, 0.29) is 0 Å². The van der Waals surface area contributed by atoms with Gasteiger partial charge in [-0.3, -0.25) is 0 Å². The average molecular weight is 728 g/mol. The lowest BCUT2D eigenvalue weighted by molar-refractivity contribution is 0.475. The smallest absolute Gasteiger partial charge is 0.201 e. The average Bonchev–Trinajstić information content (AvgIpc) is 3.88. The van der Waals surface area contributed by atoms with Gasteiger partial charge in [-0.25, -0.2) is 4.99 Å². The van der Waals surface area contributed by atoms with E-state index in [1.54, 1.807) is 0 Å². The standard InChI is InChI=1S/C50H37N3OS/c1-4-12-37-42(5-2)53(50-51-41-17-10-8-16-36(41)47(52-50)33-21-20-30-13-6-7-14-31(30)26-33)48-38(28-40-34-23-19-29(3)25-43(34)54-49(40)46(37)48)32-22-24-45-39(27-32)35-15-9-11-18-44(35)55-45/h4-24,26-29,50,52H,2,25H2,1,3H3/b12-4-. The molecule has 0 saturated carbocycles. The van der Waals surface area contributed by atoms with Crippen molar-refractivity contribution in [2.45, 2.75) is 26.6 Å². The quantitative estimate of drug-likeness (QED) is 0.192. The van der Waals surface area contributed by atoms with Gasteiger partial charge >= 0.3 is 0 Å². The summed E-state index contributed by atoms with van der Waals surface area (Å²) in [6.07, 6.45) is 11.3. The van der Waals surface area contributed by atoms with Crippen LogP contribution in [0.3, 0.4) is 0 Å². The normalized spacial score (nSPS) is 16.7. The van der Waals surface area contributed by atoms with Gasteiger partial charge in [0.15, 0.2) is 0 Å². The molecule has 2 atom stereocenters. The number of nitrogens with one attached hydrogen (secondary N) is 1. The fourth-order valence-corrected chi connectivity index (χ4v) is 10.00. The van der Waals surface area contributed by atoms with Crippen LogP contribution in [0.5, 0.6) is 0 Å². The fourth-order valence-electron chi connectivity index (χ4n) is 8.91. The Morgan fingerprint density at radius 1 is 0.836 bits per heavy atom. The number of para-hydroxylation sites is 1. The first-order valence-corrected chi connectivity index (χ1v) is 19.8. The maximum Gasteiger partial charge on any atom is 0.201 e. The number of benzene rings is 6. The van der Waals surface area contributed by atoms with Gasteiger partial charge < -0.3 is 14.3 Å². The maximum absolute atomic E-state index is 6.97. The van der Waals surface area contributed by atoms with E-state index in [1.807, 2.05) is 17.4 Å². The second-order valence-corrected chi connectivity index (χ2v) is 15.9. The van der Waals surface area contributed by atoms with Gasteiger partial charge in [-0.2, -0.15) is 0 Å². The minimum atomic E-state index is -0.475. The second kappa shape index (κ2) is 12.3. The number of allylic oxidation sites excluding steroid dienone is 2. The molecule has 264 valence electrons. The van der Waals surface area contributed by atoms with Gasteiger partial charge in [0.2, 0.25) is 6.29 Å². The highest BCUT2D eigenvalue weighted by Crippen LogP contribution is 2.47. The Balaban J connectivity index is 1.24. The summed E-state index contributed by atoms with van der Waals surface area (Å²) in [5.41, 5.74) is 9.68. The largest absolute Gasteiger partial charge is 0.460 e. The molecule has 5 heteroatoms. The summed E-state index contributed by atoms with van der Waals surface area (Å²) < 4.78 is 11.9. The maximum atomic E-state index is 6.97. The van der Waals surface area contributed by atoms with Crippen molar-refractivity contribution < 1.29 is 4.42 Å². The van der Waals surface area contributed by atoms with E-state index in [9.17, 15) is 0 Å². The highest BCUT2D eigenvalue weighted by Gasteiger charge is 2.30. The third-order valence-corrected chi connectivity index (χ3v) is 12.6. The van der Waals surface area contributed by atoms with Crippen LogP contribution >= 0.6 is 11.3 Å². The van der Waals surface area contributed by atoms with Crippen molar-refractivity contribution in [2.24, 2.45) is 10.9 Å². The summed E-state index contributed by atoms with van der Waals surface area (Å²) in [6.45, 7) is 8.77. The molecule has 1 N–H and O–H groups in total. The molecule has 3 aromatic heterocycles. The first-order valence-electron chi connectivity index (χ1n) is 19.0. The van der Waals surface area contributed by atoms with Crippen molar-refractivity contribution in [2.75, 3.05) is 0 Å². The number of rotatable bonds is 5. The predicted molar refractivity (Wildman–Crippen MR) is 233 cm³/mol. The van der Waals surface area contributed by atoms with Crippen molar-refractivity contribution in [3.8, 4) is 11.1 Å². The summed E-state index contributed by atoms with van der Waals surface area (Å²) in [5, 5.41) is 13.2. The van der Waals surface area contributed by atoms with Crippen LogP contribution in [0.2, 0.25) is 0 Å². The number of furan rings is 1. The van der Waals surface area contributed by atoms with Crippen LogP contribution in [0.4, 0.5) is 0 Å². The van der Waals surface area contributed by atoms with E-state index in [0.29, 0.717) is 5.92 Å². The van der Waals surface area contributed by atoms with E-state index in [4.69, 9.17) is 9.41 Å². The van der Waals surface area contributed by atoms with E-state index in [2.05, 4.69) is 170 Å². The summed E-state index contributed by atoms with van der Waals surface area (Å²) in [7, 11) is 0. The van der Waals surface area contributed by atoms with E-state index in [0.717, 1.165) is 78.3 Å². The van der Waals surface area contributed by atoms with Crippen LogP contribution < -0.4 is 15.9 Å². The predicted octanol–water partition coefficient (Wildman–Crippen LogP) is 12.0. The summed E-state index contributed by atoms with van der Waals surface area (Å²) in [4.78, 5) is 5.48. The summed E-state index contributed by atoms with van der Waals surface area (Å²) >= 11 is 1.85. The van der Waals surface area contributed by atoms with Crippen molar-refractivity contribution >= 4 is 88.1 Å². The number of fused-ring (bicyclic) bond motifs is 10. The molecule has 0 spiro atoms. The molecule has 4 nitrogen and oxygen atoms in total. The minimum Gasteiger partial charge on any atom is -0.460 e. The number of nitrogens with zero attached hydrogens (tertiary/aromatic N) is 2. The van der Waals surface area contributed by atoms with Gasteiger partial charge in [0.05, 0.1) is 27.7 Å². The Hall–Kier alpha value is -6.43. The monoisotopic (exact) mass is 727 g/mol. The van der Waals surface area contributed by atoms with Gasteiger partial charge in [-0.15, -0.1) is 11.3 Å². The lowest BCUT2D eigenvalue weighted by Gasteiger charge is -2.26. The van der Waals surface area contributed by atoms with Crippen LogP contribution in [-0.4, -0.2) is 4.57 Å². The molecule has 0 fully saturated rings. The van der Waals surface area contributed by atoms with Crippen LogP contribution in [0.15, 0.2) is 143 Å². The number of hydrogen-bond donors (Lipinski definition) is 1. The zero-order valence-corrected chi connectivity index (χ0v) is 31.5. The molecule has 0 radical (unpaired) electrons. The fraction of sp³-hybridized carbons (Fsp3) is 0.100. The molecule has 2 unspecified atom stereocenters. The molecule has 1 aliphatic heterocycles. The summed E-state index contributed by atoms with van der Waals surface area (Å²) in [6, 6.07) is 41.7. The van der Waals surface area contributed by atoms with Gasteiger partial charge in [0.1, 0.15) is 11.3 Å². The molecule has 6 aromatic carbocycles. The molecule has 9 aromatic rings. The molecule has 55 heavy (non-hydrogen) atoms. The van der Waals surface area contributed by atoms with Crippen molar-refractivity contribution in [1.82, 2.24) is 9.88 Å². The van der Waals surface area contributed by atoms with Crippen LogP contribution in [0.25, 0.3) is 87.9 Å². The molecule has 0 amide bonds. The topological polar surface area (TPSA) is 42.5 Å². The van der Waals surface area contributed by atoms with Crippen molar-refractivity contribution in [3.63, 3.8) is 0 Å². The molecule has 11 rings (SSSR count). The lowest BCUT2D eigenvalue weighted by Crippen LogP contribution is -2.41. The molecule has 2 aliphatic rings. The minimum absolute atomic E-state index is 0.412. The van der Waals surface area contributed by atoms with Crippen LogP contribution in [0, 0.1) is 5.92 Å². The van der Waals surface area contributed by atoms with Crippen LogP contribution in [-0.2, 0) is 6.42 Å². The highest BCUT2D eigenvalue weighted by molar-refractivity contribution is 7.25. The molecular formula is C50H37N3OS. The van der Waals surface area contributed by atoms with Crippen LogP contribution in [0.1, 0.15) is 48.3 Å². The first-order chi connectivity index (χ1) is 27.1. The third-order valence-electron chi connectivity index (χ3n) is 11.4. The Morgan fingerprint density at radius 2 is 1.64 bits per heavy atom. The zero-order chi connectivity index (χ0) is 36.8. The third kappa shape index (κ3) is 4.86. The lowest BCUT2D eigenvalue weighted by atomic mass is 9.92. The number of aromatic nitrogens is 1. The van der Waals surface area contributed by atoms with Crippen molar-refractivity contribution in [1.29, 1.82) is 0 Å². The van der Waals surface area contributed by atoms with Gasteiger partial charge in [0, 0.05) is 53.9 Å². The molecular weight excluding hydrogens is 691 g/mol. The summed E-state index contributed by atoms with van der Waals surface area (Å²) in [5.74, 6) is 1.46. The number of thiophene rings is 1. The van der Waals surface area contributed by atoms with Gasteiger partial charge in [0.25, 0.3) is 0 Å². The Morgan fingerprint density at radius 3 is 2.53 bits per heavy atom. The SMILES string of the molecule is C=Cc1c(/C=C\C)c2c3oc4c(c3cc(-c3ccc5sc6ccccc6c5c3)c2n1C1N=c2ccccc2=C(c2ccc3ccccc3c2)N1)C=CC(C)C4. The molecule has 0 saturated heterocycles. The molecule has 1 aliphatic carbocycles. The number of hydrogen-bond acceptors (Lipinski definition) is 4. The Kier molecular flexibility index (Phi) is 7.17. The first kappa shape index (κ1) is 32.0. The van der Waals surface area contributed by atoms with Gasteiger partial charge in [-0.1, -0.05) is 117 Å². The van der Waals surface area contributed by atoms with E-state index in [1.165, 1.54) is 36.5 Å². The van der Waals surface area contributed by atoms with Crippen molar-refractivity contribution in [3.05, 3.63) is 173 Å². The van der Waals surface area contributed by atoms with E-state index < -0.39 is 6.29 Å². The second-order valence-electron chi connectivity index (χ2n) is 14.8.